The summed E-state index contributed by atoms with van der Waals surface area (Å²) < 4.78 is 12.1. The Morgan fingerprint density at radius 3 is 2.36 bits per heavy atom. The second-order valence-corrected chi connectivity index (χ2v) is 7.40. The van der Waals surface area contributed by atoms with Gasteiger partial charge in [0, 0.05) is 19.6 Å². The first-order valence-corrected chi connectivity index (χ1v) is 8.17. The van der Waals surface area contributed by atoms with E-state index < -0.39 is 0 Å². The summed E-state index contributed by atoms with van der Waals surface area (Å²) >= 11 is 0. The summed E-state index contributed by atoms with van der Waals surface area (Å²) in [6.07, 6.45) is 1.11. The van der Waals surface area contributed by atoms with Gasteiger partial charge in [-0.3, -0.25) is 4.90 Å². The average Bonchev–Trinajstić information content (AvgIpc) is 2.93. The van der Waals surface area contributed by atoms with Gasteiger partial charge in [0.1, 0.15) is 0 Å². The lowest BCUT2D eigenvalue weighted by atomic mass is 9.87. The van der Waals surface area contributed by atoms with Gasteiger partial charge in [0.15, 0.2) is 0 Å². The fourth-order valence-electron chi connectivity index (χ4n) is 3.01. The average molecular weight is 299 g/mol. The lowest BCUT2D eigenvalue weighted by Crippen LogP contribution is -2.41. The van der Waals surface area contributed by atoms with Crippen molar-refractivity contribution in [2.24, 2.45) is 0 Å². The highest BCUT2D eigenvalue weighted by molar-refractivity contribution is 6.51. The van der Waals surface area contributed by atoms with Crippen molar-refractivity contribution in [3.63, 3.8) is 0 Å². The summed E-state index contributed by atoms with van der Waals surface area (Å²) in [5.41, 5.74) is 2.29. The third-order valence-corrected chi connectivity index (χ3v) is 5.07. The maximum atomic E-state index is 6.06. The van der Waals surface area contributed by atoms with Gasteiger partial charge in [-0.1, -0.05) is 41.9 Å². The molecule has 118 valence electrons. The lowest BCUT2D eigenvalue weighted by molar-refractivity contribution is 0.00578. The highest BCUT2D eigenvalue weighted by atomic mass is 16.7. The van der Waals surface area contributed by atoms with Crippen LogP contribution in [0.2, 0.25) is 0 Å². The molecule has 0 aliphatic carbocycles. The fourth-order valence-corrected chi connectivity index (χ4v) is 3.01. The molecule has 2 heterocycles. The quantitative estimate of drug-likeness (QED) is 0.798. The Labute approximate surface area is 134 Å². The maximum absolute atomic E-state index is 6.06. The van der Waals surface area contributed by atoms with E-state index in [2.05, 4.69) is 68.9 Å². The molecule has 2 aliphatic rings. The number of hydrogen-bond acceptors (Lipinski definition) is 3. The van der Waals surface area contributed by atoms with Crippen LogP contribution in [0.5, 0.6) is 0 Å². The molecule has 0 saturated carbocycles. The Morgan fingerprint density at radius 2 is 1.73 bits per heavy atom. The van der Waals surface area contributed by atoms with Crippen molar-refractivity contribution in [2.45, 2.75) is 51.9 Å². The zero-order chi connectivity index (χ0) is 15.8. The number of hydrogen-bond donors (Lipinski definition) is 0. The van der Waals surface area contributed by atoms with E-state index in [4.69, 9.17) is 9.31 Å². The highest BCUT2D eigenvalue weighted by Crippen LogP contribution is 2.37. The van der Waals surface area contributed by atoms with Gasteiger partial charge in [-0.15, -0.1) is 0 Å². The SMILES string of the molecule is CC1(C)OB(/C=C2\CCN(Cc3ccccc3)C2)OC1(C)C. The summed E-state index contributed by atoms with van der Waals surface area (Å²) in [4.78, 5) is 2.48. The molecule has 1 aromatic rings. The largest absolute Gasteiger partial charge is 0.487 e. The maximum Gasteiger partial charge on any atom is 0.487 e. The predicted octanol–water partition coefficient (Wildman–Crippen LogP) is 3.45. The molecule has 0 aromatic heterocycles. The minimum absolute atomic E-state index is 0.211. The van der Waals surface area contributed by atoms with Crippen molar-refractivity contribution in [2.75, 3.05) is 13.1 Å². The summed E-state index contributed by atoms with van der Waals surface area (Å²) in [6, 6.07) is 10.7. The molecule has 0 spiro atoms. The van der Waals surface area contributed by atoms with Crippen molar-refractivity contribution in [3.05, 3.63) is 47.4 Å². The smallest absolute Gasteiger partial charge is 0.400 e. The van der Waals surface area contributed by atoms with Crippen molar-refractivity contribution in [3.8, 4) is 0 Å². The van der Waals surface area contributed by atoms with Crippen LogP contribution in [0, 0.1) is 0 Å². The minimum atomic E-state index is -0.253. The molecular weight excluding hydrogens is 273 g/mol. The first kappa shape index (κ1) is 15.8. The molecule has 1 aromatic carbocycles. The molecule has 2 saturated heterocycles. The highest BCUT2D eigenvalue weighted by Gasteiger charge is 2.50. The summed E-state index contributed by atoms with van der Waals surface area (Å²) in [7, 11) is -0.211. The van der Waals surface area contributed by atoms with Crippen LogP contribution < -0.4 is 0 Å². The zero-order valence-corrected chi connectivity index (χ0v) is 14.1. The van der Waals surface area contributed by atoms with E-state index in [1.165, 1.54) is 11.1 Å². The monoisotopic (exact) mass is 299 g/mol. The van der Waals surface area contributed by atoms with Gasteiger partial charge in [0.2, 0.25) is 0 Å². The molecule has 0 N–H and O–H groups in total. The molecule has 3 nitrogen and oxygen atoms in total. The van der Waals surface area contributed by atoms with Crippen LogP contribution in [0.25, 0.3) is 0 Å². The molecule has 0 bridgehead atoms. The Morgan fingerprint density at radius 1 is 1.09 bits per heavy atom. The Kier molecular flexibility index (Phi) is 4.19. The zero-order valence-electron chi connectivity index (χ0n) is 14.1. The van der Waals surface area contributed by atoms with Gasteiger partial charge in [-0.25, -0.2) is 0 Å². The van der Waals surface area contributed by atoms with Crippen LogP contribution in [0.4, 0.5) is 0 Å². The molecule has 2 aliphatic heterocycles. The number of benzene rings is 1. The van der Waals surface area contributed by atoms with E-state index in [9.17, 15) is 0 Å². The number of likely N-dealkylation sites (tertiary alicyclic amines) is 1. The normalized spacial score (nSPS) is 26.0. The Bertz CT molecular complexity index is 537. The van der Waals surface area contributed by atoms with Crippen molar-refractivity contribution in [1.82, 2.24) is 4.90 Å². The van der Waals surface area contributed by atoms with Gasteiger partial charge in [-0.2, -0.15) is 0 Å². The molecule has 0 radical (unpaired) electrons. The fraction of sp³-hybridized carbons (Fsp3) is 0.556. The molecule has 4 heteroatoms. The van der Waals surface area contributed by atoms with Gasteiger partial charge in [-0.05, 0) is 39.7 Å². The topological polar surface area (TPSA) is 21.7 Å². The molecule has 0 amide bonds. The van der Waals surface area contributed by atoms with E-state index in [0.29, 0.717) is 0 Å². The van der Waals surface area contributed by atoms with Gasteiger partial charge in [0.05, 0.1) is 11.2 Å². The first-order chi connectivity index (χ1) is 10.4. The van der Waals surface area contributed by atoms with E-state index in [0.717, 1.165) is 26.1 Å². The van der Waals surface area contributed by atoms with Crippen LogP contribution in [0.15, 0.2) is 41.9 Å². The first-order valence-electron chi connectivity index (χ1n) is 8.17. The van der Waals surface area contributed by atoms with Crippen LogP contribution in [-0.4, -0.2) is 36.3 Å². The summed E-state index contributed by atoms with van der Waals surface area (Å²) in [5.74, 6) is 2.18. The van der Waals surface area contributed by atoms with Gasteiger partial charge >= 0.3 is 7.12 Å². The molecule has 0 atom stereocenters. The third-order valence-electron chi connectivity index (χ3n) is 5.07. The Balaban J connectivity index is 1.59. The van der Waals surface area contributed by atoms with Crippen molar-refractivity contribution >= 4 is 7.12 Å². The van der Waals surface area contributed by atoms with Crippen LogP contribution >= 0.6 is 0 Å². The van der Waals surface area contributed by atoms with Crippen LogP contribution in [0.3, 0.4) is 0 Å². The molecule has 2 fully saturated rings. The Hall–Kier alpha value is -1.10. The second-order valence-electron chi connectivity index (χ2n) is 7.40. The summed E-state index contributed by atoms with van der Waals surface area (Å²) in [6.45, 7) is 11.5. The molecular formula is C18H26BNO2. The van der Waals surface area contributed by atoms with E-state index in [-0.39, 0.29) is 18.3 Å². The van der Waals surface area contributed by atoms with Gasteiger partial charge in [0.25, 0.3) is 0 Å². The number of rotatable bonds is 3. The van der Waals surface area contributed by atoms with E-state index in [1.54, 1.807) is 0 Å². The summed E-state index contributed by atoms with van der Waals surface area (Å²) in [5, 5.41) is 0. The molecule has 0 unspecified atom stereocenters. The number of nitrogens with zero attached hydrogens (tertiary/aromatic N) is 1. The second kappa shape index (κ2) is 5.84. The standard InChI is InChI=1S/C18H26BNO2/c1-17(2)18(3,4)22-19(21-17)12-16-10-11-20(14-16)13-15-8-6-5-7-9-15/h5-9,12H,10-11,13-14H2,1-4H3/b16-12+. The van der Waals surface area contributed by atoms with E-state index >= 15 is 0 Å². The van der Waals surface area contributed by atoms with Crippen molar-refractivity contribution < 1.29 is 9.31 Å². The third kappa shape index (κ3) is 3.29. The van der Waals surface area contributed by atoms with Gasteiger partial charge < -0.3 is 9.31 Å². The van der Waals surface area contributed by atoms with Crippen molar-refractivity contribution in [1.29, 1.82) is 0 Å². The lowest BCUT2D eigenvalue weighted by Gasteiger charge is -2.32. The van der Waals surface area contributed by atoms with Crippen LogP contribution in [0.1, 0.15) is 39.7 Å². The van der Waals surface area contributed by atoms with Crippen LogP contribution in [-0.2, 0) is 15.9 Å². The molecule has 22 heavy (non-hydrogen) atoms. The minimum Gasteiger partial charge on any atom is -0.400 e. The predicted molar refractivity (Wildman–Crippen MR) is 90.5 cm³/mol. The molecule has 3 rings (SSSR count). The van der Waals surface area contributed by atoms with E-state index in [1.807, 2.05) is 0 Å².